The third-order valence-corrected chi connectivity index (χ3v) is 7.51. The Morgan fingerprint density at radius 3 is 2.91 bits per heavy atom. The van der Waals surface area contributed by atoms with Crippen LogP contribution in [0.4, 0.5) is 0 Å². The second kappa shape index (κ2) is 6.15. The molecule has 2 saturated carbocycles. The maximum atomic E-state index is 9.80. The molecule has 3 aliphatic carbocycles. The third-order valence-electron chi connectivity index (χ3n) is 7.51. The van der Waals surface area contributed by atoms with Gasteiger partial charge in [0.05, 0.1) is 0 Å². The number of hydrogen-bond donors (Lipinski definition) is 1. The van der Waals surface area contributed by atoms with Crippen LogP contribution in [0.25, 0.3) is 0 Å². The van der Waals surface area contributed by atoms with Crippen LogP contribution in [0.5, 0.6) is 5.75 Å². The second-order valence-corrected chi connectivity index (χ2v) is 8.55. The minimum absolute atomic E-state index is 0.452. The van der Waals surface area contributed by atoms with Crippen LogP contribution in [0.2, 0.25) is 0 Å². The third kappa shape index (κ3) is 2.61. The molecule has 4 rings (SSSR count). The fourth-order valence-electron chi connectivity index (χ4n) is 6.53. The Balaban J connectivity index is 1.58. The fourth-order valence-corrected chi connectivity index (χ4v) is 6.53. The van der Waals surface area contributed by atoms with Crippen molar-refractivity contribution in [2.45, 2.75) is 83.5 Å². The van der Waals surface area contributed by atoms with Crippen molar-refractivity contribution in [1.29, 1.82) is 0 Å². The van der Waals surface area contributed by atoms with Gasteiger partial charge in [0.2, 0.25) is 0 Å². The lowest BCUT2D eigenvalue weighted by Crippen LogP contribution is -2.41. The molecule has 1 aromatic rings. The molecule has 1 nitrogen and oxygen atoms in total. The SMILES string of the molecule is CCCCC[C@@]12CCC[C@H]1[C@@H]1CCc3cc(O)ccc3[C@H]1CC2. The molecule has 0 unspecified atom stereocenters. The van der Waals surface area contributed by atoms with Crippen molar-refractivity contribution in [2.24, 2.45) is 17.3 Å². The Labute approximate surface area is 141 Å². The monoisotopic (exact) mass is 312 g/mol. The summed E-state index contributed by atoms with van der Waals surface area (Å²) in [4.78, 5) is 0. The first-order chi connectivity index (χ1) is 11.2. The molecule has 3 aliphatic rings. The number of phenolic OH excluding ortho intramolecular Hbond substituents is 1. The smallest absolute Gasteiger partial charge is 0.115 e. The molecule has 2 fully saturated rings. The van der Waals surface area contributed by atoms with Gasteiger partial charge in [-0.15, -0.1) is 0 Å². The standard InChI is InChI=1S/C22H32O/c1-2-3-4-12-22-13-5-6-21(22)20-9-7-16-15-17(23)8-10-18(16)19(20)11-14-22/h8,10,15,19-21,23H,2-7,9,11-14H2,1H3/t19-,20-,21+,22+/m1/s1. The predicted molar refractivity (Wildman–Crippen MR) is 95.8 cm³/mol. The van der Waals surface area contributed by atoms with Gasteiger partial charge in [0.15, 0.2) is 0 Å². The topological polar surface area (TPSA) is 20.2 Å². The van der Waals surface area contributed by atoms with Crippen molar-refractivity contribution in [3.63, 3.8) is 0 Å². The van der Waals surface area contributed by atoms with Gasteiger partial charge in [0.1, 0.15) is 5.75 Å². The first kappa shape index (κ1) is 15.5. The molecule has 0 aliphatic heterocycles. The summed E-state index contributed by atoms with van der Waals surface area (Å²) in [6.07, 6.45) is 15.6. The van der Waals surface area contributed by atoms with E-state index in [4.69, 9.17) is 0 Å². The first-order valence-corrected chi connectivity index (χ1v) is 10.1. The van der Waals surface area contributed by atoms with Gasteiger partial charge in [-0.2, -0.15) is 0 Å². The van der Waals surface area contributed by atoms with Gasteiger partial charge in [-0.25, -0.2) is 0 Å². The van der Waals surface area contributed by atoms with Crippen LogP contribution in [-0.2, 0) is 6.42 Å². The Bertz CT molecular complexity index is 563. The zero-order chi connectivity index (χ0) is 15.9. The Hall–Kier alpha value is -0.980. The zero-order valence-corrected chi connectivity index (χ0v) is 14.7. The summed E-state index contributed by atoms with van der Waals surface area (Å²) < 4.78 is 0. The maximum absolute atomic E-state index is 9.80. The normalized spacial score (nSPS) is 35.4. The maximum Gasteiger partial charge on any atom is 0.115 e. The summed E-state index contributed by atoms with van der Waals surface area (Å²) in [6, 6.07) is 6.18. The quantitative estimate of drug-likeness (QED) is 0.656. The summed E-state index contributed by atoms with van der Waals surface area (Å²) in [7, 11) is 0. The highest BCUT2D eigenvalue weighted by atomic mass is 16.3. The molecule has 0 bridgehead atoms. The number of phenols is 1. The van der Waals surface area contributed by atoms with E-state index in [0.717, 1.165) is 17.8 Å². The fraction of sp³-hybridized carbons (Fsp3) is 0.727. The van der Waals surface area contributed by atoms with E-state index in [1.807, 2.05) is 12.1 Å². The van der Waals surface area contributed by atoms with Gasteiger partial charge in [-0.1, -0.05) is 38.7 Å². The van der Waals surface area contributed by atoms with Crippen LogP contribution in [0.1, 0.15) is 88.2 Å². The van der Waals surface area contributed by atoms with E-state index in [2.05, 4.69) is 13.0 Å². The van der Waals surface area contributed by atoms with Gasteiger partial charge in [-0.3, -0.25) is 0 Å². The van der Waals surface area contributed by atoms with Crippen LogP contribution in [-0.4, -0.2) is 5.11 Å². The lowest BCUT2D eigenvalue weighted by atomic mass is 9.54. The minimum Gasteiger partial charge on any atom is -0.508 e. The number of unbranched alkanes of at least 4 members (excludes halogenated alkanes) is 2. The molecule has 1 heteroatoms. The van der Waals surface area contributed by atoms with Crippen molar-refractivity contribution in [3.8, 4) is 5.75 Å². The molecule has 0 amide bonds. The van der Waals surface area contributed by atoms with Gasteiger partial charge in [-0.05, 0) is 91.4 Å². The summed E-state index contributed by atoms with van der Waals surface area (Å²) >= 11 is 0. The van der Waals surface area contributed by atoms with E-state index in [0.29, 0.717) is 11.2 Å². The first-order valence-electron chi connectivity index (χ1n) is 10.1. The molecule has 126 valence electrons. The van der Waals surface area contributed by atoms with Crippen LogP contribution in [0, 0.1) is 17.3 Å². The number of hydrogen-bond acceptors (Lipinski definition) is 1. The second-order valence-electron chi connectivity index (χ2n) is 8.55. The number of rotatable bonds is 4. The van der Waals surface area contributed by atoms with E-state index < -0.39 is 0 Å². The molecule has 0 spiro atoms. The molecule has 0 saturated heterocycles. The van der Waals surface area contributed by atoms with Crippen molar-refractivity contribution in [3.05, 3.63) is 29.3 Å². The molecule has 0 heterocycles. The number of aromatic hydroxyl groups is 1. The molecule has 1 aromatic carbocycles. The van der Waals surface area contributed by atoms with E-state index in [1.54, 1.807) is 5.56 Å². The summed E-state index contributed by atoms with van der Waals surface area (Å²) in [5, 5.41) is 9.80. The molecule has 4 atom stereocenters. The molecule has 1 N–H and O–H groups in total. The summed E-state index contributed by atoms with van der Waals surface area (Å²) in [5.74, 6) is 3.14. The average Bonchev–Trinajstić information content (AvgIpc) is 2.98. The Morgan fingerprint density at radius 2 is 2.04 bits per heavy atom. The summed E-state index contributed by atoms with van der Waals surface area (Å²) in [6.45, 7) is 2.33. The Morgan fingerprint density at radius 1 is 1.13 bits per heavy atom. The van der Waals surface area contributed by atoms with Crippen LogP contribution in [0.15, 0.2) is 18.2 Å². The lowest BCUT2D eigenvalue weighted by Gasteiger charge is -2.51. The van der Waals surface area contributed by atoms with E-state index in [1.165, 1.54) is 76.2 Å². The molecule has 0 aromatic heterocycles. The molecule has 23 heavy (non-hydrogen) atoms. The van der Waals surface area contributed by atoms with Crippen molar-refractivity contribution in [1.82, 2.24) is 0 Å². The molecular weight excluding hydrogens is 280 g/mol. The number of fused-ring (bicyclic) bond motifs is 5. The highest BCUT2D eigenvalue weighted by Gasteiger charge is 2.52. The van der Waals surface area contributed by atoms with Crippen molar-refractivity contribution < 1.29 is 5.11 Å². The van der Waals surface area contributed by atoms with Crippen molar-refractivity contribution >= 4 is 0 Å². The van der Waals surface area contributed by atoms with Crippen LogP contribution >= 0.6 is 0 Å². The lowest BCUT2D eigenvalue weighted by molar-refractivity contribution is 0.0347. The van der Waals surface area contributed by atoms with Gasteiger partial charge < -0.3 is 5.11 Å². The van der Waals surface area contributed by atoms with Crippen LogP contribution in [0.3, 0.4) is 0 Å². The highest BCUT2D eigenvalue weighted by molar-refractivity contribution is 5.40. The predicted octanol–water partition coefficient (Wildman–Crippen LogP) is 6.20. The highest BCUT2D eigenvalue weighted by Crippen LogP contribution is 2.62. The largest absolute Gasteiger partial charge is 0.508 e. The van der Waals surface area contributed by atoms with Gasteiger partial charge in [0, 0.05) is 0 Å². The number of benzene rings is 1. The van der Waals surface area contributed by atoms with Crippen LogP contribution < -0.4 is 0 Å². The number of aryl methyl sites for hydroxylation is 1. The summed E-state index contributed by atoms with van der Waals surface area (Å²) in [5.41, 5.74) is 3.71. The van der Waals surface area contributed by atoms with E-state index in [-0.39, 0.29) is 0 Å². The average molecular weight is 312 g/mol. The zero-order valence-electron chi connectivity index (χ0n) is 14.7. The molecule has 0 radical (unpaired) electrons. The van der Waals surface area contributed by atoms with Gasteiger partial charge in [0.25, 0.3) is 0 Å². The van der Waals surface area contributed by atoms with Gasteiger partial charge >= 0.3 is 0 Å². The van der Waals surface area contributed by atoms with Crippen molar-refractivity contribution in [2.75, 3.05) is 0 Å². The minimum atomic E-state index is 0.452. The van der Waals surface area contributed by atoms with E-state index >= 15 is 0 Å². The Kier molecular flexibility index (Phi) is 4.15. The van der Waals surface area contributed by atoms with E-state index in [9.17, 15) is 5.11 Å². The molecular formula is C22H32O.